The van der Waals surface area contributed by atoms with Crippen LogP contribution < -0.4 is 0 Å². The summed E-state index contributed by atoms with van der Waals surface area (Å²) in [6, 6.07) is 6.14. The number of rotatable bonds is 4. The van der Waals surface area contributed by atoms with Crippen LogP contribution in [0.25, 0.3) is 0 Å². The second-order valence-corrected chi connectivity index (χ2v) is 5.01. The Morgan fingerprint density at radius 3 is 2.72 bits per heavy atom. The van der Waals surface area contributed by atoms with Gasteiger partial charge in [-0.15, -0.1) is 0 Å². The van der Waals surface area contributed by atoms with Gasteiger partial charge in [0.1, 0.15) is 6.29 Å². The van der Waals surface area contributed by atoms with E-state index in [1.807, 2.05) is 19.1 Å². The Hall–Kier alpha value is -1.19. The molecule has 1 saturated heterocycles. The van der Waals surface area contributed by atoms with Crippen LogP contribution in [0.15, 0.2) is 18.2 Å². The van der Waals surface area contributed by atoms with Gasteiger partial charge >= 0.3 is 0 Å². The average molecular weight is 248 g/mol. The maximum atomic E-state index is 11.1. The zero-order valence-electron chi connectivity index (χ0n) is 11.1. The lowest BCUT2D eigenvalue weighted by Gasteiger charge is -2.37. The number of methoxy groups -OCH3 is 1. The molecule has 3 heteroatoms. The van der Waals surface area contributed by atoms with E-state index in [9.17, 15) is 4.79 Å². The van der Waals surface area contributed by atoms with Gasteiger partial charge in [-0.1, -0.05) is 12.1 Å². The summed E-state index contributed by atoms with van der Waals surface area (Å²) in [6.07, 6.45) is 2.82. The molecule has 1 fully saturated rings. The molecule has 1 aliphatic rings. The molecule has 98 valence electrons. The first-order valence-corrected chi connectivity index (χ1v) is 6.35. The summed E-state index contributed by atoms with van der Waals surface area (Å²) >= 11 is 0. The van der Waals surface area contributed by atoms with Crippen LogP contribution in [0.3, 0.4) is 0 Å². The highest BCUT2D eigenvalue weighted by atomic mass is 16.5. The van der Waals surface area contributed by atoms with Crippen molar-refractivity contribution in [2.45, 2.75) is 25.2 Å². The molecule has 0 unspecified atom stereocenters. The van der Waals surface area contributed by atoms with Crippen molar-refractivity contribution in [2.24, 2.45) is 0 Å². The quantitative estimate of drug-likeness (QED) is 0.768. The van der Waals surface area contributed by atoms with Gasteiger partial charge in [-0.25, -0.2) is 0 Å². The summed E-state index contributed by atoms with van der Waals surface area (Å²) in [6.45, 7) is 4.15. The minimum absolute atomic E-state index is 0.00153. The second kappa shape index (κ2) is 5.63. The SMILES string of the molecule is COCC1(c2ccc(C)c(C=O)c2)CCOCC1. The molecule has 1 aliphatic heterocycles. The molecule has 0 N–H and O–H groups in total. The van der Waals surface area contributed by atoms with E-state index >= 15 is 0 Å². The van der Waals surface area contributed by atoms with E-state index in [1.54, 1.807) is 7.11 Å². The van der Waals surface area contributed by atoms with Gasteiger partial charge in [-0.05, 0) is 37.0 Å². The number of ether oxygens (including phenoxy) is 2. The Kier molecular flexibility index (Phi) is 4.15. The van der Waals surface area contributed by atoms with Crippen molar-refractivity contribution in [1.82, 2.24) is 0 Å². The van der Waals surface area contributed by atoms with Crippen molar-refractivity contribution >= 4 is 6.29 Å². The lowest BCUT2D eigenvalue weighted by molar-refractivity contribution is 0.0136. The fourth-order valence-corrected chi connectivity index (χ4v) is 2.65. The van der Waals surface area contributed by atoms with Crippen molar-refractivity contribution < 1.29 is 14.3 Å². The molecule has 0 spiro atoms. The lowest BCUT2D eigenvalue weighted by Crippen LogP contribution is -2.38. The number of hydrogen-bond acceptors (Lipinski definition) is 3. The molecular weight excluding hydrogens is 228 g/mol. The van der Waals surface area contributed by atoms with Gasteiger partial charge in [0, 0.05) is 31.3 Å². The van der Waals surface area contributed by atoms with Gasteiger partial charge in [0.2, 0.25) is 0 Å². The summed E-state index contributed by atoms with van der Waals surface area (Å²) in [5.74, 6) is 0. The number of carbonyl (C=O) groups excluding carboxylic acids is 1. The van der Waals surface area contributed by atoms with E-state index in [1.165, 1.54) is 5.56 Å². The highest BCUT2D eigenvalue weighted by Gasteiger charge is 2.34. The molecule has 1 heterocycles. The molecule has 0 bridgehead atoms. The van der Waals surface area contributed by atoms with Gasteiger partial charge in [-0.2, -0.15) is 0 Å². The zero-order valence-corrected chi connectivity index (χ0v) is 11.1. The van der Waals surface area contributed by atoms with Crippen molar-refractivity contribution in [3.63, 3.8) is 0 Å². The van der Waals surface area contributed by atoms with Crippen LogP contribution in [0.4, 0.5) is 0 Å². The van der Waals surface area contributed by atoms with E-state index < -0.39 is 0 Å². The smallest absolute Gasteiger partial charge is 0.150 e. The molecule has 3 nitrogen and oxygen atoms in total. The molecule has 0 aliphatic carbocycles. The number of aryl methyl sites for hydroxylation is 1. The molecular formula is C15H20O3. The highest BCUT2D eigenvalue weighted by molar-refractivity contribution is 5.77. The Morgan fingerprint density at radius 2 is 2.11 bits per heavy atom. The van der Waals surface area contributed by atoms with Crippen LogP contribution in [0.2, 0.25) is 0 Å². The molecule has 2 rings (SSSR count). The Labute approximate surface area is 108 Å². The predicted molar refractivity (Wildman–Crippen MR) is 70.2 cm³/mol. The van der Waals surface area contributed by atoms with Crippen LogP contribution >= 0.6 is 0 Å². The van der Waals surface area contributed by atoms with E-state index in [0.29, 0.717) is 6.61 Å². The predicted octanol–water partition coefficient (Wildman–Crippen LogP) is 2.50. The van der Waals surface area contributed by atoms with Crippen molar-refractivity contribution in [2.75, 3.05) is 26.9 Å². The molecule has 1 aromatic rings. The number of aldehydes is 1. The number of hydrogen-bond donors (Lipinski definition) is 0. The first-order chi connectivity index (χ1) is 8.72. The summed E-state index contributed by atoms with van der Waals surface area (Å²) in [5, 5.41) is 0. The van der Waals surface area contributed by atoms with E-state index in [4.69, 9.17) is 9.47 Å². The third-order valence-corrected chi connectivity index (χ3v) is 3.89. The topological polar surface area (TPSA) is 35.5 Å². The van der Waals surface area contributed by atoms with Gasteiger partial charge in [0.15, 0.2) is 0 Å². The molecule has 0 amide bonds. The maximum absolute atomic E-state index is 11.1. The maximum Gasteiger partial charge on any atom is 0.150 e. The number of benzene rings is 1. The monoisotopic (exact) mass is 248 g/mol. The molecule has 0 saturated carbocycles. The first-order valence-electron chi connectivity index (χ1n) is 6.35. The average Bonchev–Trinajstić information content (AvgIpc) is 2.40. The summed E-state index contributed by atoms with van der Waals surface area (Å²) in [5.41, 5.74) is 2.99. The molecule has 18 heavy (non-hydrogen) atoms. The Morgan fingerprint density at radius 1 is 1.39 bits per heavy atom. The van der Waals surface area contributed by atoms with Gasteiger partial charge < -0.3 is 9.47 Å². The van der Waals surface area contributed by atoms with Gasteiger partial charge in [-0.3, -0.25) is 4.79 Å². The first kappa shape index (κ1) is 13.2. The third kappa shape index (κ3) is 2.47. The summed E-state index contributed by atoms with van der Waals surface area (Å²) in [7, 11) is 1.73. The minimum Gasteiger partial charge on any atom is -0.384 e. The van der Waals surface area contributed by atoms with Crippen molar-refractivity contribution in [3.05, 3.63) is 34.9 Å². The summed E-state index contributed by atoms with van der Waals surface area (Å²) in [4.78, 5) is 11.1. The molecule has 1 aromatic carbocycles. The molecule has 0 radical (unpaired) electrons. The van der Waals surface area contributed by atoms with Crippen molar-refractivity contribution in [3.8, 4) is 0 Å². The normalized spacial score (nSPS) is 18.6. The van der Waals surface area contributed by atoms with Crippen LogP contribution in [-0.2, 0) is 14.9 Å². The molecule has 0 atom stereocenters. The fraction of sp³-hybridized carbons (Fsp3) is 0.533. The van der Waals surface area contributed by atoms with E-state index in [0.717, 1.165) is 43.5 Å². The van der Waals surface area contributed by atoms with Gasteiger partial charge in [0.25, 0.3) is 0 Å². The lowest BCUT2D eigenvalue weighted by atomic mass is 9.74. The molecule has 0 aromatic heterocycles. The number of carbonyl (C=O) groups is 1. The zero-order chi connectivity index (χ0) is 13.0. The summed E-state index contributed by atoms with van der Waals surface area (Å²) < 4.78 is 10.8. The second-order valence-electron chi connectivity index (χ2n) is 5.01. The largest absolute Gasteiger partial charge is 0.384 e. The van der Waals surface area contributed by atoms with E-state index in [-0.39, 0.29) is 5.41 Å². The minimum atomic E-state index is -0.00153. The Bertz CT molecular complexity index is 414. The Balaban J connectivity index is 2.38. The fourth-order valence-electron chi connectivity index (χ4n) is 2.65. The van der Waals surface area contributed by atoms with Crippen LogP contribution in [0.1, 0.15) is 34.3 Å². The van der Waals surface area contributed by atoms with Crippen LogP contribution in [-0.4, -0.2) is 33.2 Å². The van der Waals surface area contributed by atoms with Gasteiger partial charge in [0.05, 0.1) is 6.61 Å². The van der Waals surface area contributed by atoms with Crippen LogP contribution in [0.5, 0.6) is 0 Å². The van der Waals surface area contributed by atoms with Crippen LogP contribution in [0, 0.1) is 6.92 Å². The highest BCUT2D eigenvalue weighted by Crippen LogP contribution is 2.35. The van der Waals surface area contributed by atoms with Crippen molar-refractivity contribution in [1.29, 1.82) is 0 Å². The third-order valence-electron chi connectivity index (χ3n) is 3.89. The van der Waals surface area contributed by atoms with E-state index in [2.05, 4.69) is 6.07 Å². The standard InChI is InChI=1S/C15H20O3/c1-12-3-4-14(9-13(12)10-16)15(11-17-2)5-7-18-8-6-15/h3-4,9-10H,5-8,11H2,1-2H3.